The Morgan fingerprint density at radius 3 is 2.47 bits per heavy atom. The van der Waals surface area contributed by atoms with Crippen LogP contribution in [0.5, 0.6) is 11.5 Å². The standard InChI is InChI=1S/C22H19N3O5S2/c1-29-18-6-5-16(10-19(18)30-2)32(27,28)17-4-3-15(24-12-17)11-25-22(26)20-9-14-7-8-23-13-21(14)31-20/h3-10,12-13H,11H2,1-2H3,(H,25,26). The van der Waals surface area contributed by atoms with Gasteiger partial charge in [0.15, 0.2) is 11.5 Å². The van der Waals surface area contributed by atoms with Crippen LogP contribution in [0.4, 0.5) is 0 Å². The van der Waals surface area contributed by atoms with Crippen LogP contribution in [0, 0.1) is 0 Å². The maximum Gasteiger partial charge on any atom is 0.261 e. The van der Waals surface area contributed by atoms with Gasteiger partial charge in [-0.2, -0.15) is 0 Å². The summed E-state index contributed by atoms with van der Waals surface area (Å²) in [6.07, 6.45) is 4.67. The number of fused-ring (bicyclic) bond motifs is 1. The zero-order valence-electron chi connectivity index (χ0n) is 17.2. The van der Waals surface area contributed by atoms with Crippen LogP contribution in [0.15, 0.2) is 70.8 Å². The predicted octanol–water partition coefficient (Wildman–Crippen LogP) is 3.47. The minimum absolute atomic E-state index is 0.0387. The number of nitrogens with zero attached hydrogens (tertiary/aromatic N) is 2. The molecule has 3 heterocycles. The van der Waals surface area contributed by atoms with E-state index in [0.29, 0.717) is 22.1 Å². The summed E-state index contributed by atoms with van der Waals surface area (Å²) in [6, 6.07) is 11.1. The number of carbonyl (C=O) groups is 1. The third-order valence-electron chi connectivity index (χ3n) is 4.75. The van der Waals surface area contributed by atoms with Crippen molar-refractivity contribution < 1.29 is 22.7 Å². The van der Waals surface area contributed by atoms with Gasteiger partial charge in [0.05, 0.1) is 45.8 Å². The van der Waals surface area contributed by atoms with Crippen molar-refractivity contribution in [1.82, 2.24) is 15.3 Å². The van der Waals surface area contributed by atoms with Crippen molar-refractivity contribution in [3.05, 3.63) is 71.6 Å². The first-order chi connectivity index (χ1) is 15.4. The number of amides is 1. The molecule has 1 aromatic carbocycles. The molecule has 0 aliphatic carbocycles. The van der Waals surface area contributed by atoms with Crippen molar-refractivity contribution in [3.8, 4) is 11.5 Å². The number of carbonyl (C=O) groups excluding carboxylic acids is 1. The molecule has 0 aliphatic rings. The molecule has 0 atom stereocenters. The van der Waals surface area contributed by atoms with Crippen molar-refractivity contribution in [3.63, 3.8) is 0 Å². The molecule has 0 saturated heterocycles. The Morgan fingerprint density at radius 2 is 1.78 bits per heavy atom. The van der Waals surface area contributed by atoms with Crippen LogP contribution in [0.2, 0.25) is 0 Å². The number of rotatable bonds is 7. The highest BCUT2D eigenvalue weighted by molar-refractivity contribution is 7.91. The Bertz CT molecular complexity index is 1350. The number of methoxy groups -OCH3 is 2. The molecule has 1 amide bonds. The summed E-state index contributed by atoms with van der Waals surface area (Å²) >= 11 is 1.36. The van der Waals surface area contributed by atoms with Gasteiger partial charge in [0, 0.05) is 24.7 Å². The number of sulfone groups is 1. The molecule has 0 spiro atoms. The average molecular weight is 470 g/mol. The van der Waals surface area contributed by atoms with Gasteiger partial charge in [0.1, 0.15) is 0 Å². The number of ether oxygens (including phenoxy) is 2. The van der Waals surface area contributed by atoms with Gasteiger partial charge in [0.2, 0.25) is 9.84 Å². The number of nitrogens with one attached hydrogen (secondary N) is 1. The first-order valence-corrected chi connectivity index (χ1v) is 11.8. The zero-order chi connectivity index (χ0) is 22.7. The lowest BCUT2D eigenvalue weighted by Gasteiger charge is -2.10. The predicted molar refractivity (Wildman–Crippen MR) is 120 cm³/mol. The van der Waals surface area contributed by atoms with E-state index in [0.717, 1.165) is 10.1 Å². The number of benzene rings is 1. The largest absolute Gasteiger partial charge is 0.493 e. The smallest absolute Gasteiger partial charge is 0.261 e. The third kappa shape index (κ3) is 4.27. The fraction of sp³-hybridized carbons (Fsp3) is 0.136. The van der Waals surface area contributed by atoms with Gasteiger partial charge < -0.3 is 14.8 Å². The van der Waals surface area contributed by atoms with Gasteiger partial charge in [0.25, 0.3) is 5.91 Å². The van der Waals surface area contributed by atoms with Gasteiger partial charge in [-0.25, -0.2) is 8.42 Å². The number of pyridine rings is 2. The second-order valence-corrected chi connectivity index (χ2v) is 9.75. The summed E-state index contributed by atoms with van der Waals surface area (Å²) in [5.74, 6) is 0.526. The van der Waals surface area contributed by atoms with Crippen molar-refractivity contribution in [2.24, 2.45) is 0 Å². The summed E-state index contributed by atoms with van der Waals surface area (Å²) < 4.78 is 37.2. The van der Waals surface area contributed by atoms with E-state index in [1.165, 1.54) is 56.0 Å². The van der Waals surface area contributed by atoms with E-state index in [1.807, 2.05) is 12.1 Å². The number of aromatic nitrogens is 2. The van der Waals surface area contributed by atoms with E-state index in [2.05, 4.69) is 15.3 Å². The molecule has 0 saturated carbocycles. The van der Waals surface area contributed by atoms with Gasteiger partial charge >= 0.3 is 0 Å². The van der Waals surface area contributed by atoms with Crippen LogP contribution in [-0.2, 0) is 16.4 Å². The fourth-order valence-corrected chi connectivity index (χ4v) is 5.21. The van der Waals surface area contributed by atoms with E-state index in [-0.39, 0.29) is 22.2 Å². The van der Waals surface area contributed by atoms with Crippen molar-refractivity contribution in [2.45, 2.75) is 16.3 Å². The van der Waals surface area contributed by atoms with Crippen LogP contribution in [-0.4, -0.2) is 38.5 Å². The average Bonchev–Trinajstić information content (AvgIpc) is 3.27. The minimum atomic E-state index is -3.79. The molecule has 32 heavy (non-hydrogen) atoms. The summed E-state index contributed by atoms with van der Waals surface area (Å²) in [5.41, 5.74) is 0.535. The Kier molecular flexibility index (Phi) is 6.06. The highest BCUT2D eigenvalue weighted by Gasteiger charge is 2.20. The van der Waals surface area contributed by atoms with Crippen molar-refractivity contribution >= 4 is 37.2 Å². The molecule has 8 nitrogen and oxygen atoms in total. The first kappa shape index (κ1) is 21.7. The van der Waals surface area contributed by atoms with E-state index in [1.54, 1.807) is 18.5 Å². The van der Waals surface area contributed by atoms with Crippen LogP contribution in [0.25, 0.3) is 10.1 Å². The van der Waals surface area contributed by atoms with E-state index in [9.17, 15) is 13.2 Å². The quantitative estimate of drug-likeness (QED) is 0.442. The molecule has 0 aliphatic heterocycles. The molecule has 4 rings (SSSR count). The molecule has 164 valence electrons. The lowest BCUT2D eigenvalue weighted by molar-refractivity contribution is 0.0954. The minimum Gasteiger partial charge on any atom is -0.493 e. The zero-order valence-corrected chi connectivity index (χ0v) is 18.9. The third-order valence-corrected chi connectivity index (χ3v) is 7.57. The molecule has 4 aromatic rings. The van der Waals surface area contributed by atoms with Crippen LogP contribution >= 0.6 is 11.3 Å². The topological polar surface area (TPSA) is 107 Å². The lowest BCUT2D eigenvalue weighted by atomic mass is 10.3. The number of hydrogen-bond donors (Lipinski definition) is 1. The molecule has 0 fully saturated rings. The molecule has 3 aromatic heterocycles. The van der Waals surface area contributed by atoms with Crippen molar-refractivity contribution in [1.29, 1.82) is 0 Å². The van der Waals surface area contributed by atoms with E-state index >= 15 is 0 Å². The first-order valence-electron chi connectivity index (χ1n) is 9.46. The molecule has 1 N–H and O–H groups in total. The highest BCUT2D eigenvalue weighted by atomic mass is 32.2. The monoisotopic (exact) mass is 469 g/mol. The SMILES string of the molecule is COc1ccc(S(=O)(=O)c2ccc(CNC(=O)c3cc4ccncc4s3)nc2)cc1OC. The summed E-state index contributed by atoms with van der Waals surface area (Å²) in [6.45, 7) is 0.169. The van der Waals surface area contributed by atoms with Gasteiger partial charge in [-0.1, -0.05) is 0 Å². The number of thiophene rings is 1. The molecule has 10 heteroatoms. The second kappa shape index (κ2) is 8.93. The van der Waals surface area contributed by atoms with E-state index in [4.69, 9.17) is 9.47 Å². The van der Waals surface area contributed by atoms with Crippen LogP contribution < -0.4 is 14.8 Å². The van der Waals surface area contributed by atoms with Gasteiger partial charge in [-0.15, -0.1) is 11.3 Å². The highest BCUT2D eigenvalue weighted by Crippen LogP contribution is 2.31. The summed E-state index contributed by atoms with van der Waals surface area (Å²) in [7, 11) is -0.875. The molecular formula is C22H19N3O5S2. The summed E-state index contributed by atoms with van der Waals surface area (Å²) in [5, 5.41) is 3.76. The van der Waals surface area contributed by atoms with Crippen LogP contribution in [0.1, 0.15) is 15.4 Å². The van der Waals surface area contributed by atoms with Gasteiger partial charge in [-0.3, -0.25) is 14.8 Å². The number of hydrogen-bond acceptors (Lipinski definition) is 8. The maximum atomic E-state index is 12.9. The Morgan fingerprint density at radius 1 is 1.00 bits per heavy atom. The second-order valence-electron chi connectivity index (χ2n) is 6.71. The molecule has 0 unspecified atom stereocenters. The summed E-state index contributed by atoms with van der Waals surface area (Å²) in [4.78, 5) is 21.4. The molecule has 0 radical (unpaired) electrons. The fourth-order valence-electron chi connectivity index (χ4n) is 3.05. The Hall–Kier alpha value is -3.50. The molecular weight excluding hydrogens is 450 g/mol. The Balaban J connectivity index is 1.47. The lowest BCUT2D eigenvalue weighted by Crippen LogP contribution is -2.22. The van der Waals surface area contributed by atoms with Gasteiger partial charge in [-0.05, 0) is 41.8 Å². The van der Waals surface area contributed by atoms with E-state index < -0.39 is 9.84 Å². The maximum absolute atomic E-state index is 12.9. The molecule has 0 bridgehead atoms. The van der Waals surface area contributed by atoms with Crippen molar-refractivity contribution in [2.75, 3.05) is 14.2 Å². The van der Waals surface area contributed by atoms with Crippen LogP contribution in [0.3, 0.4) is 0 Å². The normalized spacial score (nSPS) is 11.3. The Labute approximate surface area is 188 Å².